The first kappa shape index (κ1) is 14.3. The number of aromatic carboxylic acids is 1. The summed E-state index contributed by atoms with van der Waals surface area (Å²) in [5.41, 5.74) is 1.26. The Morgan fingerprint density at radius 1 is 1.20 bits per heavy atom. The molecule has 0 bridgehead atoms. The summed E-state index contributed by atoms with van der Waals surface area (Å²) < 4.78 is 11.1. The molecule has 20 heavy (non-hydrogen) atoms. The summed E-state index contributed by atoms with van der Waals surface area (Å²) in [6.07, 6.45) is 1.39. The van der Waals surface area contributed by atoms with E-state index in [2.05, 4.69) is 20.9 Å². The maximum atomic E-state index is 11.2. The number of carboxylic acids is 1. The molecule has 0 saturated heterocycles. The Labute approximate surface area is 124 Å². The smallest absolute Gasteiger partial charge is 0.339 e. The molecule has 0 aliphatic heterocycles. The van der Waals surface area contributed by atoms with Gasteiger partial charge >= 0.3 is 5.97 Å². The number of benzene rings is 1. The summed E-state index contributed by atoms with van der Waals surface area (Å²) >= 11 is 3.37. The van der Waals surface area contributed by atoms with Gasteiger partial charge in [0.25, 0.3) is 0 Å². The summed E-state index contributed by atoms with van der Waals surface area (Å²) in [4.78, 5) is 15.5. The van der Waals surface area contributed by atoms with Crippen molar-refractivity contribution in [1.82, 2.24) is 4.98 Å². The first-order valence-electron chi connectivity index (χ1n) is 5.68. The van der Waals surface area contributed by atoms with Crippen LogP contribution in [0.25, 0.3) is 11.3 Å². The minimum atomic E-state index is -1.07. The Morgan fingerprint density at radius 2 is 1.90 bits per heavy atom. The van der Waals surface area contributed by atoms with E-state index in [1.807, 2.05) is 12.1 Å². The molecule has 1 heterocycles. The summed E-state index contributed by atoms with van der Waals surface area (Å²) in [6, 6.07) is 6.90. The molecule has 104 valence electrons. The second kappa shape index (κ2) is 5.92. The summed E-state index contributed by atoms with van der Waals surface area (Å²) in [7, 11) is 2.96. The van der Waals surface area contributed by atoms with Gasteiger partial charge < -0.3 is 14.6 Å². The quantitative estimate of drug-likeness (QED) is 0.927. The highest BCUT2D eigenvalue weighted by atomic mass is 79.9. The Kier molecular flexibility index (Phi) is 4.24. The van der Waals surface area contributed by atoms with E-state index in [0.717, 1.165) is 4.47 Å². The number of rotatable bonds is 4. The Hall–Kier alpha value is -2.08. The normalized spacial score (nSPS) is 10.2. The third-order valence-electron chi connectivity index (χ3n) is 2.76. The van der Waals surface area contributed by atoms with Gasteiger partial charge in [0.05, 0.1) is 26.1 Å². The molecule has 2 rings (SSSR count). The van der Waals surface area contributed by atoms with Crippen molar-refractivity contribution >= 4 is 21.9 Å². The summed E-state index contributed by atoms with van der Waals surface area (Å²) in [5, 5.41) is 9.20. The molecule has 6 heteroatoms. The van der Waals surface area contributed by atoms with E-state index in [1.54, 1.807) is 13.2 Å². The molecular formula is C14H12BrNO4. The number of ether oxygens (including phenoxy) is 2. The number of carboxylic acid groups (broad SMARTS) is 1. The maximum Gasteiger partial charge on any atom is 0.339 e. The van der Waals surface area contributed by atoms with Gasteiger partial charge in [-0.1, -0.05) is 15.9 Å². The van der Waals surface area contributed by atoms with Crippen LogP contribution in [0.15, 0.2) is 34.9 Å². The van der Waals surface area contributed by atoms with Gasteiger partial charge in [-0.3, -0.25) is 4.98 Å². The standard InChI is InChI=1S/C14H12BrNO4/c1-19-12-4-3-8(15)5-9(12)11-6-10(14(17)18)13(20-2)7-16-11/h3-7H,1-2H3,(H,17,18). The van der Waals surface area contributed by atoms with Crippen molar-refractivity contribution in [3.8, 4) is 22.8 Å². The molecular weight excluding hydrogens is 326 g/mol. The van der Waals surface area contributed by atoms with E-state index in [-0.39, 0.29) is 11.3 Å². The molecule has 5 nitrogen and oxygen atoms in total. The predicted octanol–water partition coefficient (Wildman–Crippen LogP) is 3.23. The lowest BCUT2D eigenvalue weighted by molar-refractivity contribution is 0.0693. The van der Waals surface area contributed by atoms with Crippen LogP contribution < -0.4 is 9.47 Å². The van der Waals surface area contributed by atoms with Crippen LogP contribution in [0.2, 0.25) is 0 Å². The largest absolute Gasteiger partial charge is 0.496 e. The fraction of sp³-hybridized carbons (Fsp3) is 0.143. The zero-order valence-corrected chi connectivity index (χ0v) is 12.5. The van der Waals surface area contributed by atoms with E-state index in [0.29, 0.717) is 17.0 Å². The Morgan fingerprint density at radius 3 is 2.50 bits per heavy atom. The van der Waals surface area contributed by atoms with Gasteiger partial charge in [0.2, 0.25) is 0 Å². The zero-order chi connectivity index (χ0) is 14.7. The molecule has 0 aliphatic rings. The molecule has 0 amide bonds. The van der Waals surface area contributed by atoms with Crippen LogP contribution in [0.5, 0.6) is 11.5 Å². The van der Waals surface area contributed by atoms with Gasteiger partial charge in [-0.15, -0.1) is 0 Å². The van der Waals surface area contributed by atoms with Crippen LogP contribution in [-0.2, 0) is 0 Å². The molecule has 2 aromatic rings. The van der Waals surface area contributed by atoms with Crippen molar-refractivity contribution in [2.24, 2.45) is 0 Å². The van der Waals surface area contributed by atoms with Crippen LogP contribution in [0, 0.1) is 0 Å². The lowest BCUT2D eigenvalue weighted by atomic mass is 10.1. The number of aromatic nitrogens is 1. The highest BCUT2D eigenvalue weighted by molar-refractivity contribution is 9.10. The average molecular weight is 338 g/mol. The van der Waals surface area contributed by atoms with Crippen molar-refractivity contribution < 1.29 is 19.4 Å². The number of carbonyl (C=O) groups is 1. The number of hydrogen-bond acceptors (Lipinski definition) is 4. The topological polar surface area (TPSA) is 68.7 Å². The van der Waals surface area contributed by atoms with E-state index in [4.69, 9.17) is 9.47 Å². The lowest BCUT2D eigenvalue weighted by Crippen LogP contribution is -2.02. The first-order valence-corrected chi connectivity index (χ1v) is 6.47. The van der Waals surface area contributed by atoms with Crippen LogP contribution >= 0.6 is 15.9 Å². The number of methoxy groups -OCH3 is 2. The molecule has 0 aliphatic carbocycles. The van der Waals surface area contributed by atoms with Gasteiger partial charge in [-0.05, 0) is 24.3 Å². The summed E-state index contributed by atoms with van der Waals surface area (Å²) in [5.74, 6) is -0.239. The van der Waals surface area contributed by atoms with Crippen molar-refractivity contribution in [1.29, 1.82) is 0 Å². The SMILES string of the molecule is COc1cnc(-c2cc(Br)ccc2OC)cc1C(=O)O. The molecule has 0 spiro atoms. The van der Waals surface area contributed by atoms with Gasteiger partial charge in [0.15, 0.2) is 5.75 Å². The molecule has 0 saturated carbocycles. The molecule has 1 aromatic heterocycles. The maximum absolute atomic E-state index is 11.2. The van der Waals surface area contributed by atoms with E-state index >= 15 is 0 Å². The van der Waals surface area contributed by atoms with E-state index in [1.165, 1.54) is 19.4 Å². The first-order chi connectivity index (χ1) is 9.56. The third kappa shape index (κ3) is 2.75. The van der Waals surface area contributed by atoms with Gasteiger partial charge in [0, 0.05) is 10.0 Å². The van der Waals surface area contributed by atoms with Crippen molar-refractivity contribution in [3.63, 3.8) is 0 Å². The molecule has 1 aromatic carbocycles. The van der Waals surface area contributed by atoms with Crippen LogP contribution in [0.3, 0.4) is 0 Å². The highest BCUT2D eigenvalue weighted by Crippen LogP contribution is 2.33. The van der Waals surface area contributed by atoms with Gasteiger partial charge in [-0.2, -0.15) is 0 Å². The fourth-order valence-electron chi connectivity index (χ4n) is 1.80. The number of nitrogens with zero attached hydrogens (tertiary/aromatic N) is 1. The van der Waals surface area contributed by atoms with Gasteiger partial charge in [0.1, 0.15) is 11.3 Å². The minimum Gasteiger partial charge on any atom is -0.496 e. The van der Waals surface area contributed by atoms with Crippen molar-refractivity contribution in [2.75, 3.05) is 14.2 Å². The van der Waals surface area contributed by atoms with Crippen LogP contribution in [0.4, 0.5) is 0 Å². The second-order valence-corrected chi connectivity index (χ2v) is 4.84. The number of pyridine rings is 1. The molecule has 0 atom stereocenters. The zero-order valence-electron chi connectivity index (χ0n) is 10.9. The Balaban J connectivity index is 2.61. The van der Waals surface area contributed by atoms with E-state index < -0.39 is 5.97 Å². The highest BCUT2D eigenvalue weighted by Gasteiger charge is 2.15. The summed E-state index contributed by atoms with van der Waals surface area (Å²) in [6.45, 7) is 0. The molecule has 0 fully saturated rings. The number of halogens is 1. The third-order valence-corrected chi connectivity index (χ3v) is 3.25. The Bertz CT molecular complexity index is 658. The lowest BCUT2D eigenvalue weighted by Gasteiger charge is -2.10. The molecule has 0 radical (unpaired) electrons. The number of hydrogen-bond donors (Lipinski definition) is 1. The average Bonchev–Trinajstić information content (AvgIpc) is 2.46. The van der Waals surface area contributed by atoms with E-state index in [9.17, 15) is 9.90 Å². The second-order valence-electron chi connectivity index (χ2n) is 3.92. The predicted molar refractivity (Wildman–Crippen MR) is 77.4 cm³/mol. The fourth-order valence-corrected chi connectivity index (χ4v) is 2.16. The molecule has 1 N–H and O–H groups in total. The minimum absolute atomic E-state index is 0.0551. The monoisotopic (exact) mass is 337 g/mol. The van der Waals surface area contributed by atoms with Crippen LogP contribution in [0.1, 0.15) is 10.4 Å². The van der Waals surface area contributed by atoms with Crippen LogP contribution in [-0.4, -0.2) is 30.3 Å². The van der Waals surface area contributed by atoms with Crippen molar-refractivity contribution in [2.45, 2.75) is 0 Å². The van der Waals surface area contributed by atoms with Gasteiger partial charge in [-0.25, -0.2) is 4.79 Å². The van der Waals surface area contributed by atoms with Crippen molar-refractivity contribution in [3.05, 3.63) is 40.5 Å². The molecule has 0 unspecified atom stereocenters.